The fraction of sp³-hybridized carbons (Fsp3) is 0.857. The Morgan fingerprint density at radius 3 is 1.17 bits per heavy atom. The zero-order valence-electron chi connectivity index (χ0n) is 10.4. The average Bonchev–Trinajstić information content (AvgIpc) is 2.36. The third-order valence-electron chi connectivity index (χ3n) is 7.05. The lowest BCUT2D eigenvalue weighted by Gasteiger charge is -2.94. The summed E-state index contributed by atoms with van der Waals surface area (Å²) in [7, 11) is 2.86. The molecular formula is C14H16O4. The Kier molecular flexibility index (Phi) is 1.42. The molecule has 2 bridgehead atoms. The van der Waals surface area contributed by atoms with Crippen molar-refractivity contribution in [2.45, 2.75) is 0 Å². The maximum Gasteiger partial charge on any atom is 0.309 e. The summed E-state index contributed by atoms with van der Waals surface area (Å²) < 4.78 is 9.90. The molecule has 6 atom stereocenters. The third-order valence-corrected chi connectivity index (χ3v) is 7.05. The van der Waals surface area contributed by atoms with E-state index in [1.165, 1.54) is 14.2 Å². The predicted molar refractivity (Wildman–Crippen MR) is 58.9 cm³/mol. The lowest BCUT2D eigenvalue weighted by Crippen LogP contribution is -2.93. The van der Waals surface area contributed by atoms with Crippen molar-refractivity contribution in [3.63, 3.8) is 0 Å². The van der Waals surface area contributed by atoms with Gasteiger partial charge in [0.25, 0.3) is 0 Å². The van der Waals surface area contributed by atoms with Crippen molar-refractivity contribution in [3.05, 3.63) is 0 Å². The first-order valence-corrected chi connectivity index (χ1v) is 6.88. The van der Waals surface area contributed by atoms with Crippen molar-refractivity contribution in [2.75, 3.05) is 14.2 Å². The van der Waals surface area contributed by atoms with Crippen molar-refractivity contribution < 1.29 is 19.1 Å². The molecule has 0 heterocycles. The SMILES string of the molecule is COC(=O)[C@@H]1C2[C@H]3C4C5[C@H]3C([C@H]5[C@H]42)[C@@H]1C(=O)OC. The zero-order valence-corrected chi connectivity index (χ0v) is 10.4. The fourth-order valence-corrected chi connectivity index (χ4v) is 6.87. The number of rotatable bonds is 2. The van der Waals surface area contributed by atoms with Gasteiger partial charge in [0.1, 0.15) is 0 Å². The average molecular weight is 248 g/mol. The molecule has 0 aromatic carbocycles. The van der Waals surface area contributed by atoms with Gasteiger partial charge in [0.2, 0.25) is 0 Å². The Bertz CT molecular complexity index is 422. The van der Waals surface area contributed by atoms with E-state index in [4.69, 9.17) is 9.47 Å². The number of esters is 2. The van der Waals surface area contributed by atoms with E-state index in [0.29, 0.717) is 11.8 Å². The maximum absolute atomic E-state index is 12.1. The summed E-state index contributed by atoms with van der Waals surface area (Å²) in [6.07, 6.45) is 0. The molecule has 96 valence electrons. The van der Waals surface area contributed by atoms with Gasteiger partial charge in [-0.25, -0.2) is 0 Å². The van der Waals surface area contributed by atoms with Crippen LogP contribution in [0.2, 0.25) is 0 Å². The highest BCUT2D eigenvalue weighted by molar-refractivity contribution is 5.84. The standard InChI is InChI=1S/C14H16O4/c1-17-13(15)11-9-5-3-4-7(5)10(8(4)6(3)9)12(11)14(16)18-2/h3-12H,1-2H3/t3?,4?,5-,6-,7+,8+,9?,10?,11+,12-. The van der Waals surface area contributed by atoms with Gasteiger partial charge in [-0.3, -0.25) is 9.59 Å². The number of fused-ring (bicyclic) bond motifs is 1. The van der Waals surface area contributed by atoms with Gasteiger partial charge in [-0.1, -0.05) is 0 Å². The Labute approximate surface area is 105 Å². The summed E-state index contributed by atoms with van der Waals surface area (Å²) in [5.41, 5.74) is 0. The summed E-state index contributed by atoms with van der Waals surface area (Å²) in [6, 6.07) is 0. The minimum atomic E-state index is -0.215. The molecule has 0 radical (unpaired) electrons. The molecule has 0 N–H and O–H groups in total. The van der Waals surface area contributed by atoms with Gasteiger partial charge in [-0.2, -0.15) is 0 Å². The second-order valence-corrected chi connectivity index (χ2v) is 6.72. The van der Waals surface area contributed by atoms with Crippen LogP contribution in [0.25, 0.3) is 0 Å². The van der Waals surface area contributed by atoms with Crippen LogP contribution in [0.3, 0.4) is 0 Å². The molecule has 0 unspecified atom stereocenters. The normalized spacial score (nSPS) is 63.4. The van der Waals surface area contributed by atoms with Crippen LogP contribution < -0.4 is 0 Å². The van der Waals surface area contributed by atoms with E-state index in [0.717, 1.165) is 35.5 Å². The zero-order chi connectivity index (χ0) is 12.3. The monoisotopic (exact) mass is 248 g/mol. The summed E-state index contributed by atoms with van der Waals surface area (Å²) in [6.45, 7) is 0. The van der Waals surface area contributed by atoms with Crippen LogP contribution in [-0.4, -0.2) is 26.2 Å². The molecule has 0 aliphatic heterocycles. The maximum atomic E-state index is 12.1. The second kappa shape index (κ2) is 2.61. The molecule has 0 aromatic rings. The first kappa shape index (κ1) is 9.82. The predicted octanol–water partition coefficient (Wildman–Crippen LogP) is 0.562. The molecule has 0 aromatic heterocycles. The minimum Gasteiger partial charge on any atom is -0.469 e. The van der Waals surface area contributed by atoms with Crippen molar-refractivity contribution >= 4 is 11.9 Å². The van der Waals surface area contributed by atoms with Crippen LogP contribution in [0, 0.1) is 59.2 Å². The van der Waals surface area contributed by atoms with E-state index in [-0.39, 0.29) is 23.8 Å². The van der Waals surface area contributed by atoms with Crippen LogP contribution in [0.5, 0.6) is 0 Å². The van der Waals surface area contributed by atoms with Gasteiger partial charge in [-0.05, 0) is 47.3 Å². The first-order chi connectivity index (χ1) is 8.72. The van der Waals surface area contributed by atoms with Crippen molar-refractivity contribution in [2.24, 2.45) is 59.2 Å². The van der Waals surface area contributed by atoms with Gasteiger partial charge < -0.3 is 9.47 Å². The Hall–Kier alpha value is -1.06. The smallest absolute Gasteiger partial charge is 0.309 e. The summed E-state index contributed by atoms with van der Waals surface area (Å²) in [5.74, 6) is 4.81. The molecule has 6 aliphatic carbocycles. The van der Waals surface area contributed by atoms with Crippen molar-refractivity contribution in [1.29, 1.82) is 0 Å². The van der Waals surface area contributed by atoms with Crippen LogP contribution in [0.1, 0.15) is 0 Å². The van der Waals surface area contributed by atoms with Crippen LogP contribution >= 0.6 is 0 Å². The topological polar surface area (TPSA) is 52.6 Å². The molecule has 6 saturated carbocycles. The lowest BCUT2D eigenvalue weighted by atomic mass is 9.09. The number of hydrogen-bond donors (Lipinski definition) is 0. The summed E-state index contributed by atoms with van der Waals surface area (Å²) >= 11 is 0. The Morgan fingerprint density at radius 2 is 0.889 bits per heavy atom. The van der Waals surface area contributed by atoms with E-state index in [9.17, 15) is 9.59 Å². The lowest BCUT2D eigenvalue weighted by molar-refractivity contribution is -0.479. The molecule has 4 heteroatoms. The number of methoxy groups -OCH3 is 2. The minimum absolute atomic E-state index is 0.189. The third kappa shape index (κ3) is 0.648. The first-order valence-electron chi connectivity index (χ1n) is 6.88. The molecule has 6 fully saturated rings. The largest absolute Gasteiger partial charge is 0.469 e. The van der Waals surface area contributed by atoms with E-state index < -0.39 is 0 Å². The van der Waals surface area contributed by atoms with Crippen LogP contribution in [0.15, 0.2) is 0 Å². The molecule has 6 rings (SSSR count). The highest BCUT2D eigenvalue weighted by Crippen LogP contribution is 2.93. The summed E-state index contributed by atoms with van der Waals surface area (Å²) in [5, 5.41) is 0. The molecule has 6 aliphatic rings. The van der Waals surface area contributed by atoms with E-state index in [1.54, 1.807) is 0 Å². The van der Waals surface area contributed by atoms with Gasteiger partial charge >= 0.3 is 11.9 Å². The van der Waals surface area contributed by atoms with Crippen LogP contribution in [-0.2, 0) is 19.1 Å². The van der Waals surface area contributed by atoms with E-state index in [2.05, 4.69) is 0 Å². The number of hydrogen-bond acceptors (Lipinski definition) is 4. The van der Waals surface area contributed by atoms with E-state index >= 15 is 0 Å². The quantitative estimate of drug-likeness (QED) is 0.670. The second-order valence-electron chi connectivity index (χ2n) is 6.72. The Morgan fingerprint density at radius 1 is 0.611 bits per heavy atom. The van der Waals surface area contributed by atoms with Gasteiger partial charge in [0, 0.05) is 0 Å². The fourth-order valence-electron chi connectivity index (χ4n) is 6.87. The summed E-state index contributed by atoms with van der Waals surface area (Å²) in [4.78, 5) is 24.1. The van der Waals surface area contributed by atoms with Crippen molar-refractivity contribution in [1.82, 2.24) is 0 Å². The molecule has 18 heavy (non-hydrogen) atoms. The number of carbonyl (C=O) groups excluding carboxylic acids is 2. The highest BCUT2D eigenvalue weighted by Gasteiger charge is 2.92. The van der Waals surface area contributed by atoms with E-state index in [1.807, 2.05) is 0 Å². The highest BCUT2D eigenvalue weighted by atomic mass is 16.5. The molecule has 0 spiro atoms. The number of ether oxygens (including phenoxy) is 2. The van der Waals surface area contributed by atoms with Gasteiger partial charge in [0.05, 0.1) is 26.1 Å². The Balaban J connectivity index is 1.56. The van der Waals surface area contributed by atoms with Gasteiger partial charge in [0.15, 0.2) is 0 Å². The number of carbonyl (C=O) groups is 2. The van der Waals surface area contributed by atoms with Gasteiger partial charge in [-0.15, -0.1) is 0 Å². The molecular weight excluding hydrogens is 232 g/mol. The molecule has 4 nitrogen and oxygen atoms in total. The van der Waals surface area contributed by atoms with Crippen LogP contribution in [0.4, 0.5) is 0 Å². The molecule has 0 amide bonds. The molecule has 0 saturated heterocycles. The van der Waals surface area contributed by atoms with Crippen molar-refractivity contribution in [3.8, 4) is 0 Å².